The third-order valence-electron chi connectivity index (χ3n) is 4.92. The molecule has 0 bridgehead atoms. The van der Waals surface area contributed by atoms with E-state index in [1.54, 1.807) is 39.5 Å². The third-order valence-corrected chi connectivity index (χ3v) is 6.16. The number of benzene rings is 2. The van der Waals surface area contributed by atoms with E-state index in [4.69, 9.17) is 4.74 Å². The van der Waals surface area contributed by atoms with Crippen LogP contribution in [0.25, 0.3) is 11.0 Å². The second kappa shape index (κ2) is 8.24. The minimum Gasteiger partial charge on any atom is -0.452 e. The molecular formula is C21H22N4O3S. The molecule has 2 heterocycles. The van der Waals surface area contributed by atoms with Crippen LogP contribution in [-0.2, 0) is 16.1 Å². The van der Waals surface area contributed by atoms with Gasteiger partial charge >= 0.3 is 5.97 Å². The van der Waals surface area contributed by atoms with Crippen LogP contribution in [-0.4, -0.2) is 45.3 Å². The van der Waals surface area contributed by atoms with Gasteiger partial charge in [-0.3, -0.25) is 4.79 Å². The van der Waals surface area contributed by atoms with Gasteiger partial charge in [-0.15, -0.1) is 16.9 Å². The van der Waals surface area contributed by atoms with Gasteiger partial charge < -0.3 is 9.64 Å². The highest BCUT2D eigenvalue weighted by Crippen LogP contribution is 2.37. The zero-order valence-corrected chi connectivity index (χ0v) is 17.2. The Hall–Kier alpha value is -2.87. The molecule has 4 rings (SSSR count). The number of thioether (sulfide) groups is 1. The van der Waals surface area contributed by atoms with Crippen LogP contribution >= 0.6 is 11.8 Å². The van der Waals surface area contributed by atoms with Crippen LogP contribution in [0.3, 0.4) is 0 Å². The van der Waals surface area contributed by atoms with Crippen LogP contribution in [0.5, 0.6) is 0 Å². The fraction of sp³-hybridized carbons (Fsp3) is 0.333. The monoisotopic (exact) mass is 410 g/mol. The van der Waals surface area contributed by atoms with Crippen LogP contribution < -0.4 is 4.90 Å². The van der Waals surface area contributed by atoms with Crippen molar-refractivity contribution in [1.29, 1.82) is 0 Å². The molecule has 1 aromatic heterocycles. The number of hydrogen-bond acceptors (Lipinski definition) is 6. The molecule has 3 aromatic rings. The van der Waals surface area contributed by atoms with Crippen molar-refractivity contribution in [3.05, 3.63) is 48.0 Å². The first-order valence-electron chi connectivity index (χ1n) is 9.63. The van der Waals surface area contributed by atoms with Crippen molar-refractivity contribution in [2.24, 2.45) is 0 Å². The molecule has 0 N–H and O–H groups in total. The molecule has 1 amide bonds. The van der Waals surface area contributed by atoms with E-state index in [1.807, 2.05) is 31.2 Å². The maximum atomic E-state index is 12.8. The lowest BCUT2D eigenvalue weighted by Crippen LogP contribution is -2.35. The predicted octanol–water partition coefficient (Wildman–Crippen LogP) is 3.53. The van der Waals surface area contributed by atoms with Crippen molar-refractivity contribution in [3.63, 3.8) is 0 Å². The van der Waals surface area contributed by atoms with Crippen LogP contribution in [0, 0.1) is 0 Å². The maximum absolute atomic E-state index is 12.8. The Morgan fingerprint density at radius 3 is 2.90 bits per heavy atom. The number of rotatable bonds is 4. The molecule has 7 nitrogen and oxygen atoms in total. The van der Waals surface area contributed by atoms with Crippen LogP contribution in [0.15, 0.2) is 47.4 Å². The van der Waals surface area contributed by atoms with Crippen molar-refractivity contribution in [1.82, 2.24) is 15.0 Å². The van der Waals surface area contributed by atoms with Gasteiger partial charge in [0, 0.05) is 23.2 Å². The van der Waals surface area contributed by atoms with Crippen LogP contribution in [0.2, 0.25) is 0 Å². The van der Waals surface area contributed by atoms with E-state index in [2.05, 4.69) is 17.2 Å². The average Bonchev–Trinajstić information content (AvgIpc) is 3.07. The molecule has 1 aliphatic heterocycles. The summed E-state index contributed by atoms with van der Waals surface area (Å²) in [5.74, 6) is -0.768. The Kier molecular flexibility index (Phi) is 5.53. The molecule has 1 atom stereocenters. The quantitative estimate of drug-likeness (QED) is 0.613. The summed E-state index contributed by atoms with van der Waals surface area (Å²) in [6.45, 7) is 5.13. The summed E-state index contributed by atoms with van der Waals surface area (Å²) < 4.78 is 7.07. The fourth-order valence-corrected chi connectivity index (χ4v) is 4.48. The first kappa shape index (κ1) is 19.4. The second-order valence-corrected chi connectivity index (χ2v) is 8.40. The largest absolute Gasteiger partial charge is 0.452 e. The molecule has 0 saturated heterocycles. The van der Waals surface area contributed by atoms with Crippen molar-refractivity contribution >= 4 is 40.4 Å². The van der Waals surface area contributed by atoms with E-state index in [0.29, 0.717) is 29.4 Å². The number of hydrogen-bond donors (Lipinski definition) is 0. The number of aryl methyl sites for hydroxylation is 1. The summed E-state index contributed by atoms with van der Waals surface area (Å²) >= 11 is 1.76. The zero-order chi connectivity index (χ0) is 20.4. The number of anilines is 1. The molecule has 8 heteroatoms. The second-order valence-electron chi connectivity index (χ2n) is 6.92. The van der Waals surface area contributed by atoms with Gasteiger partial charge in [0.05, 0.1) is 16.8 Å². The molecule has 0 aliphatic carbocycles. The van der Waals surface area contributed by atoms with Gasteiger partial charge in [0.1, 0.15) is 5.52 Å². The number of carbonyl (C=O) groups excluding carboxylic acids is 2. The van der Waals surface area contributed by atoms with Gasteiger partial charge in [-0.2, -0.15) is 0 Å². The molecule has 29 heavy (non-hydrogen) atoms. The predicted molar refractivity (Wildman–Crippen MR) is 112 cm³/mol. The maximum Gasteiger partial charge on any atom is 0.338 e. The lowest BCUT2D eigenvalue weighted by molar-refractivity contribution is -0.121. The number of fused-ring (bicyclic) bond motifs is 2. The van der Waals surface area contributed by atoms with E-state index in [1.165, 1.54) is 0 Å². The highest BCUT2D eigenvalue weighted by Gasteiger charge is 2.25. The minimum absolute atomic E-state index is 0.224. The lowest BCUT2D eigenvalue weighted by atomic mass is 10.2. The Bertz CT molecular complexity index is 1070. The van der Waals surface area contributed by atoms with Gasteiger partial charge in [-0.25, -0.2) is 9.48 Å². The number of nitrogens with zero attached hydrogens (tertiary/aromatic N) is 4. The summed E-state index contributed by atoms with van der Waals surface area (Å²) in [4.78, 5) is 28.1. The minimum atomic E-state index is -0.544. The van der Waals surface area contributed by atoms with Crippen molar-refractivity contribution in [2.45, 2.75) is 37.0 Å². The van der Waals surface area contributed by atoms with Crippen molar-refractivity contribution < 1.29 is 14.3 Å². The van der Waals surface area contributed by atoms with E-state index < -0.39 is 5.97 Å². The number of aromatic nitrogens is 3. The molecule has 0 fully saturated rings. The number of para-hydroxylation sites is 1. The third kappa shape index (κ3) is 3.98. The zero-order valence-electron chi connectivity index (χ0n) is 16.4. The first-order valence-corrected chi connectivity index (χ1v) is 10.5. The number of amides is 1. The molecule has 0 radical (unpaired) electrons. The first-order chi connectivity index (χ1) is 14.1. The van der Waals surface area contributed by atoms with E-state index in [-0.39, 0.29) is 12.5 Å². The molecule has 2 aromatic carbocycles. The van der Waals surface area contributed by atoms with Gasteiger partial charge in [0.15, 0.2) is 6.61 Å². The highest BCUT2D eigenvalue weighted by molar-refractivity contribution is 8.00. The summed E-state index contributed by atoms with van der Waals surface area (Å²) in [6, 6.07) is 12.9. The van der Waals surface area contributed by atoms with E-state index in [0.717, 1.165) is 22.5 Å². The Balaban J connectivity index is 1.46. The lowest BCUT2D eigenvalue weighted by Gasteiger charge is -2.22. The SMILES string of the molecule is CCn1nnc2cc(C(=O)OCC(=O)N3CC[C@H](C)Sc4ccccc43)ccc21. The van der Waals surface area contributed by atoms with Gasteiger partial charge in [0.2, 0.25) is 0 Å². The standard InChI is InChI=1S/C21H22N4O3S/c1-3-25-17-9-8-15(12-16(17)22-23-25)21(27)28-13-20(26)24-11-10-14(2)29-19-7-5-4-6-18(19)24/h4-9,12,14H,3,10-11,13H2,1-2H3/t14-/m0/s1. The van der Waals surface area contributed by atoms with E-state index >= 15 is 0 Å². The summed E-state index contributed by atoms with van der Waals surface area (Å²) in [7, 11) is 0. The summed E-state index contributed by atoms with van der Waals surface area (Å²) in [6.07, 6.45) is 0.878. The van der Waals surface area contributed by atoms with Crippen LogP contribution in [0.4, 0.5) is 5.69 Å². The fourth-order valence-electron chi connectivity index (χ4n) is 3.37. The van der Waals surface area contributed by atoms with Crippen molar-refractivity contribution in [2.75, 3.05) is 18.1 Å². The number of ether oxygens (including phenoxy) is 1. The molecule has 0 unspecified atom stereocenters. The Labute approximate surface area is 173 Å². The smallest absolute Gasteiger partial charge is 0.338 e. The molecule has 0 saturated carbocycles. The number of esters is 1. The van der Waals surface area contributed by atoms with Crippen molar-refractivity contribution in [3.8, 4) is 0 Å². The van der Waals surface area contributed by atoms with Gasteiger partial charge in [0.25, 0.3) is 5.91 Å². The molecule has 150 valence electrons. The Morgan fingerprint density at radius 1 is 1.24 bits per heavy atom. The normalized spacial score (nSPS) is 16.3. The van der Waals surface area contributed by atoms with Gasteiger partial charge in [-0.1, -0.05) is 24.3 Å². The molecular weight excluding hydrogens is 388 g/mol. The summed E-state index contributed by atoms with van der Waals surface area (Å²) in [5, 5.41) is 8.53. The molecule has 1 aliphatic rings. The summed E-state index contributed by atoms with van der Waals surface area (Å²) in [5.41, 5.74) is 2.71. The number of carbonyl (C=O) groups is 2. The topological polar surface area (TPSA) is 77.3 Å². The highest BCUT2D eigenvalue weighted by atomic mass is 32.2. The van der Waals surface area contributed by atoms with E-state index in [9.17, 15) is 9.59 Å². The van der Waals surface area contributed by atoms with Gasteiger partial charge in [-0.05, 0) is 43.7 Å². The van der Waals surface area contributed by atoms with Crippen LogP contribution in [0.1, 0.15) is 30.6 Å². The Morgan fingerprint density at radius 2 is 2.07 bits per heavy atom. The average molecular weight is 410 g/mol. The molecule has 0 spiro atoms.